The molecule has 0 bridgehead atoms. The molecule has 0 aliphatic rings. The minimum Gasteiger partial charge on any atom is -0.497 e. The quantitative estimate of drug-likeness (QED) is 0.429. The Morgan fingerprint density at radius 1 is 1.11 bits per heavy atom. The number of carbonyl (C=O) groups is 1. The molecule has 0 N–H and O–H groups in total. The first-order valence-electron chi connectivity index (χ1n) is 9.27. The van der Waals surface area contributed by atoms with Crippen molar-refractivity contribution < 1.29 is 14.3 Å². The number of benzene rings is 2. The van der Waals surface area contributed by atoms with Crippen molar-refractivity contribution in [1.82, 2.24) is 4.98 Å². The standard InChI is InChI=1S/C23H25NO3/c1-5-6-10-27-23(25)20-14-21(17-8-7-9-18(13-17)26-4)24-22-16(3)11-15(2)12-19(20)22/h7-9,11-14H,5-6,10H2,1-4H3. The zero-order valence-electron chi connectivity index (χ0n) is 16.3. The molecule has 0 radical (unpaired) electrons. The summed E-state index contributed by atoms with van der Waals surface area (Å²) in [6.07, 6.45) is 1.84. The van der Waals surface area contributed by atoms with Crippen LogP contribution in [0.15, 0.2) is 42.5 Å². The average Bonchev–Trinajstić information content (AvgIpc) is 2.67. The number of fused-ring (bicyclic) bond motifs is 1. The summed E-state index contributed by atoms with van der Waals surface area (Å²) < 4.78 is 10.8. The highest BCUT2D eigenvalue weighted by atomic mass is 16.5. The summed E-state index contributed by atoms with van der Waals surface area (Å²) in [6, 6.07) is 13.6. The van der Waals surface area contributed by atoms with Crippen molar-refractivity contribution in [2.24, 2.45) is 0 Å². The smallest absolute Gasteiger partial charge is 0.338 e. The van der Waals surface area contributed by atoms with Gasteiger partial charge in [-0.05, 0) is 50.1 Å². The number of esters is 1. The molecule has 3 rings (SSSR count). The fourth-order valence-corrected chi connectivity index (χ4v) is 3.17. The first-order valence-corrected chi connectivity index (χ1v) is 9.27. The molecular weight excluding hydrogens is 338 g/mol. The second-order valence-corrected chi connectivity index (χ2v) is 6.75. The minimum atomic E-state index is -0.301. The minimum absolute atomic E-state index is 0.301. The van der Waals surface area contributed by atoms with E-state index in [-0.39, 0.29) is 5.97 Å². The normalized spacial score (nSPS) is 10.8. The topological polar surface area (TPSA) is 48.4 Å². The third-order valence-electron chi connectivity index (χ3n) is 4.56. The van der Waals surface area contributed by atoms with Crippen LogP contribution in [0.25, 0.3) is 22.2 Å². The monoisotopic (exact) mass is 363 g/mol. The summed E-state index contributed by atoms with van der Waals surface area (Å²) >= 11 is 0. The molecule has 140 valence electrons. The predicted octanol–water partition coefficient (Wildman–Crippen LogP) is 5.48. The van der Waals surface area contributed by atoms with E-state index in [2.05, 4.69) is 13.0 Å². The number of unbranched alkanes of at least 4 members (excludes halogenated alkanes) is 1. The van der Waals surface area contributed by atoms with Crippen LogP contribution in [0.5, 0.6) is 5.75 Å². The van der Waals surface area contributed by atoms with Crippen LogP contribution in [0, 0.1) is 13.8 Å². The number of hydrogen-bond acceptors (Lipinski definition) is 4. The van der Waals surface area contributed by atoms with Gasteiger partial charge in [0.05, 0.1) is 30.5 Å². The molecule has 0 atom stereocenters. The van der Waals surface area contributed by atoms with E-state index < -0.39 is 0 Å². The molecule has 0 spiro atoms. The van der Waals surface area contributed by atoms with Gasteiger partial charge in [0.25, 0.3) is 0 Å². The van der Waals surface area contributed by atoms with Crippen LogP contribution < -0.4 is 4.74 Å². The molecule has 4 nitrogen and oxygen atoms in total. The summed E-state index contributed by atoms with van der Waals surface area (Å²) in [6.45, 7) is 6.54. The SMILES string of the molecule is CCCCOC(=O)c1cc(-c2cccc(OC)c2)nc2c(C)cc(C)cc12. The maximum Gasteiger partial charge on any atom is 0.338 e. The number of methoxy groups -OCH3 is 1. The number of rotatable bonds is 6. The summed E-state index contributed by atoms with van der Waals surface area (Å²) in [5, 5.41) is 0.834. The summed E-state index contributed by atoms with van der Waals surface area (Å²) in [7, 11) is 1.64. The highest BCUT2D eigenvalue weighted by Crippen LogP contribution is 2.30. The number of ether oxygens (including phenoxy) is 2. The average molecular weight is 363 g/mol. The molecule has 27 heavy (non-hydrogen) atoms. The predicted molar refractivity (Wildman–Crippen MR) is 108 cm³/mol. The van der Waals surface area contributed by atoms with Gasteiger partial charge in [0.15, 0.2) is 0 Å². The summed E-state index contributed by atoms with van der Waals surface area (Å²) in [5.41, 5.74) is 5.15. The Labute approximate surface area is 160 Å². The van der Waals surface area contributed by atoms with E-state index in [0.717, 1.165) is 51.9 Å². The Morgan fingerprint density at radius 2 is 1.93 bits per heavy atom. The molecular formula is C23H25NO3. The van der Waals surface area contributed by atoms with Crippen molar-refractivity contribution in [3.05, 3.63) is 59.2 Å². The third-order valence-corrected chi connectivity index (χ3v) is 4.56. The molecule has 4 heteroatoms. The lowest BCUT2D eigenvalue weighted by molar-refractivity contribution is 0.0502. The van der Waals surface area contributed by atoms with Crippen molar-refractivity contribution in [2.75, 3.05) is 13.7 Å². The molecule has 0 unspecified atom stereocenters. The molecule has 2 aromatic carbocycles. The van der Waals surface area contributed by atoms with E-state index in [1.165, 1.54) is 0 Å². The molecule has 0 aliphatic heterocycles. The maximum absolute atomic E-state index is 12.8. The maximum atomic E-state index is 12.8. The first kappa shape index (κ1) is 18.9. The molecule has 0 aliphatic carbocycles. The van der Waals surface area contributed by atoms with Crippen LogP contribution in [0.4, 0.5) is 0 Å². The Balaban J connectivity index is 2.17. The van der Waals surface area contributed by atoms with Crippen LogP contribution >= 0.6 is 0 Å². The fraction of sp³-hybridized carbons (Fsp3) is 0.304. The Hall–Kier alpha value is -2.88. The van der Waals surface area contributed by atoms with Gasteiger partial charge in [-0.3, -0.25) is 0 Å². The van der Waals surface area contributed by atoms with Gasteiger partial charge < -0.3 is 9.47 Å². The third kappa shape index (κ3) is 4.11. The summed E-state index contributed by atoms with van der Waals surface area (Å²) in [5.74, 6) is 0.451. The van der Waals surface area contributed by atoms with E-state index in [9.17, 15) is 4.79 Å². The van der Waals surface area contributed by atoms with Gasteiger partial charge in [0.2, 0.25) is 0 Å². The van der Waals surface area contributed by atoms with E-state index in [0.29, 0.717) is 12.2 Å². The molecule has 0 fully saturated rings. The van der Waals surface area contributed by atoms with Crippen LogP contribution in [-0.4, -0.2) is 24.7 Å². The van der Waals surface area contributed by atoms with Gasteiger partial charge in [-0.25, -0.2) is 9.78 Å². The molecule has 0 saturated heterocycles. The highest BCUT2D eigenvalue weighted by molar-refractivity contribution is 6.05. The Kier molecular flexibility index (Phi) is 5.75. The van der Waals surface area contributed by atoms with Crippen molar-refractivity contribution in [2.45, 2.75) is 33.6 Å². The van der Waals surface area contributed by atoms with Crippen LogP contribution in [0.1, 0.15) is 41.3 Å². The largest absolute Gasteiger partial charge is 0.497 e. The Morgan fingerprint density at radius 3 is 2.67 bits per heavy atom. The summed E-state index contributed by atoms with van der Waals surface area (Å²) in [4.78, 5) is 17.6. The van der Waals surface area contributed by atoms with E-state index >= 15 is 0 Å². The van der Waals surface area contributed by atoms with E-state index in [4.69, 9.17) is 14.5 Å². The molecule has 1 aromatic heterocycles. The lowest BCUT2D eigenvalue weighted by Gasteiger charge is -2.13. The van der Waals surface area contributed by atoms with Gasteiger partial charge >= 0.3 is 5.97 Å². The van der Waals surface area contributed by atoms with Gasteiger partial charge in [-0.2, -0.15) is 0 Å². The number of aromatic nitrogens is 1. The zero-order valence-corrected chi connectivity index (χ0v) is 16.3. The van der Waals surface area contributed by atoms with Crippen LogP contribution in [0.3, 0.4) is 0 Å². The van der Waals surface area contributed by atoms with Crippen LogP contribution in [-0.2, 0) is 4.74 Å². The highest BCUT2D eigenvalue weighted by Gasteiger charge is 2.17. The van der Waals surface area contributed by atoms with E-state index in [1.807, 2.05) is 50.2 Å². The second-order valence-electron chi connectivity index (χ2n) is 6.75. The van der Waals surface area contributed by atoms with Gasteiger partial charge in [0.1, 0.15) is 5.75 Å². The fourth-order valence-electron chi connectivity index (χ4n) is 3.17. The van der Waals surface area contributed by atoms with Crippen molar-refractivity contribution in [3.8, 4) is 17.0 Å². The van der Waals surface area contributed by atoms with Gasteiger partial charge in [0, 0.05) is 10.9 Å². The second kappa shape index (κ2) is 8.21. The number of hydrogen-bond donors (Lipinski definition) is 0. The molecule has 3 aromatic rings. The molecule has 0 saturated carbocycles. The lowest BCUT2D eigenvalue weighted by atomic mass is 10.00. The van der Waals surface area contributed by atoms with Crippen LogP contribution in [0.2, 0.25) is 0 Å². The molecule has 0 amide bonds. The number of nitrogens with zero attached hydrogens (tertiary/aromatic N) is 1. The number of pyridine rings is 1. The first-order chi connectivity index (χ1) is 13.0. The van der Waals surface area contributed by atoms with Crippen molar-refractivity contribution >= 4 is 16.9 Å². The Bertz CT molecular complexity index is 979. The number of carbonyl (C=O) groups excluding carboxylic acids is 1. The van der Waals surface area contributed by atoms with E-state index in [1.54, 1.807) is 7.11 Å². The van der Waals surface area contributed by atoms with Gasteiger partial charge in [-0.1, -0.05) is 37.1 Å². The lowest BCUT2D eigenvalue weighted by Crippen LogP contribution is -2.08. The van der Waals surface area contributed by atoms with Gasteiger partial charge in [-0.15, -0.1) is 0 Å². The molecule has 1 heterocycles. The van der Waals surface area contributed by atoms with Crippen molar-refractivity contribution in [3.63, 3.8) is 0 Å². The number of aryl methyl sites for hydroxylation is 2. The zero-order chi connectivity index (χ0) is 19.4. The van der Waals surface area contributed by atoms with Crippen molar-refractivity contribution in [1.29, 1.82) is 0 Å².